The van der Waals surface area contributed by atoms with Crippen LogP contribution in [0.2, 0.25) is 0 Å². The van der Waals surface area contributed by atoms with Crippen LogP contribution in [0.15, 0.2) is 23.4 Å². The van der Waals surface area contributed by atoms with E-state index in [4.69, 9.17) is 0 Å². The number of hydrogen-bond donors (Lipinski definition) is 0. The van der Waals surface area contributed by atoms with E-state index in [0.717, 1.165) is 11.4 Å². The summed E-state index contributed by atoms with van der Waals surface area (Å²) in [5, 5.41) is 2.92. The van der Waals surface area contributed by atoms with E-state index in [9.17, 15) is 4.91 Å². The SMILES string of the molecule is Cc1nc2cccc(N=O)c2nc1C. The summed E-state index contributed by atoms with van der Waals surface area (Å²) in [6, 6.07) is 5.21. The Morgan fingerprint density at radius 2 is 1.86 bits per heavy atom. The van der Waals surface area contributed by atoms with Gasteiger partial charge in [0.1, 0.15) is 11.2 Å². The zero-order chi connectivity index (χ0) is 10.1. The lowest BCUT2D eigenvalue weighted by Crippen LogP contribution is -1.92. The van der Waals surface area contributed by atoms with E-state index in [1.165, 1.54) is 0 Å². The molecule has 0 aliphatic rings. The molecule has 4 nitrogen and oxygen atoms in total. The summed E-state index contributed by atoms with van der Waals surface area (Å²) in [6.45, 7) is 3.76. The number of aryl methyl sites for hydroxylation is 2. The first-order valence-corrected chi connectivity index (χ1v) is 4.29. The molecule has 1 aromatic heterocycles. The van der Waals surface area contributed by atoms with Crippen molar-refractivity contribution in [2.24, 2.45) is 5.18 Å². The summed E-state index contributed by atoms with van der Waals surface area (Å²) in [6.07, 6.45) is 0. The molecule has 0 fully saturated rings. The third kappa shape index (κ3) is 1.25. The Balaban J connectivity index is 2.88. The third-order valence-corrected chi connectivity index (χ3v) is 2.18. The van der Waals surface area contributed by atoms with Crippen LogP contribution in [0.5, 0.6) is 0 Å². The molecule has 2 aromatic rings. The fourth-order valence-corrected chi connectivity index (χ4v) is 1.31. The first-order valence-electron chi connectivity index (χ1n) is 4.29. The van der Waals surface area contributed by atoms with Crippen LogP contribution in [-0.2, 0) is 0 Å². The van der Waals surface area contributed by atoms with Crippen LogP contribution < -0.4 is 0 Å². The van der Waals surface area contributed by atoms with Crippen molar-refractivity contribution in [1.29, 1.82) is 0 Å². The van der Waals surface area contributed by atoms with Gasteiger partial charge in [0.25, 0.3) is 0 Å². The zero-order valence-corrected chi connectivity index (χ0v) is 7.98. The molecular weight excluding hydrogens is 178 g/mol. The van der Waals surface area contributed by atoms with E-state index in [1.54, 1.807) is 12.1 Å². The number of aromatic nitrogens is 2. The fraction of sp³-hybridized carbons (Fsp3) is 0.200. The van der Waals surface area contributed by atoms with Crippen LogP contribution in [-0.4, -0.2) is 9.97 Å². The monoisotopic (exact) mass is 187 g/mol. The maximum Gasteiger partial charge on any atom is 0.135 e. The predicted octanol–water partition coefficient (Wildman–Crippen LogP) is 2.64. The standard InChI is InChI=1S/C10H9N3O/c1-6-7(2)12-10-8(11-6)4-3-5-9(10)13-14/h3-5H,1-2H3. The molecule has 1 heterocycles. The fourth-order valence-electron chi connectivity index (χ4n) is 1.31. The average molecular weight is 187 g/mol. The molecule has 0 saturated carbocycles. The summed E-state index contributed by atoms with van der Waals surface area (Å²) in [5.41, 5.74) is 3.34. The van der Waals surface area contributed by atoms with Crippen LogP contribution in [0.4, 0.5) is 5.69 Å². The number of nitrogens with zero attached hydrogens (tertiary/aromatic N) is 3. The van der Waals surface area contributed by atoms with Crippen molar-refractivity contribution in [3.63, 3.8) is 0 Å². The van der Waals surface area contributed by atoms with Gasteiger partial charge in [0.2, 0.25) is 0 Å². The maximum atomic E-state index is 10.5. The van der Waals surface area contributed by atoms with Gasteiger partial charge in [0, 0.05) is 0 Å². The van der Waals surface area contributed by atoms with Gasteiger partial charge in [0.15, 0.2) is 0 Å². The highest BCUT2D eigenvalue weighted by Gasteiger charge is 2.05. The topological polar surface area (TPSA) is 55.2 Å². The molecule has 0 aliphatic heterocycles. The first kappa shape index (κ1) is 8.74. The minimum absolute atomic E-state index is 0.345. The minimum atomic E-state index is 0.345. The number of benzene rings is 1. The Labute approximate surface area is 81.0 Å². The van der Waals surface area contributed by atoms with Crippen molar-refractivity contribution in [3.8, 4) is 0 Å². The molecule has 0 bridgehead atoms. The molecule has 0 atom stereocenters. The van der Waals surface area contributed by atoms with Crippen molar-refractivity contribution in [2.45, 2.75) is 13.8 Å². The second-order valence-corrected chi connectivity index (χ2v) is 3.13. The number of nitroso groups, excluding NO2 is 1. The molecule has 0 saturated heterocycles. The lowest BCUT2D eigenvalue weighted by molar-refractivity contribution is 1.10. The maximum absolute atomic E-state index is 10.5. The molecule has 0 amide bonds. The van der Waals surface area contributed by atoms with Crippen LogP contribution >= 0.6 is 0 Å². The smallest absolute Gasteiger partial charge is 0.135 e. The normalized spacial score (nSPS) is 10.4. The molecule has 70 valence electrons. The van der Waals surface area contributed by atoms with E-state index in [2.05, 4.69) is 15.1 Å². The molecule has 0 unspecified atom stereocenters. The first-order chi connectivity index (χ1) is 6.72. The number of hydrogen-bond acceptors (Lipinski definition) is 4. The number of para-hydroxylation sites is 1. The van der Waals surface area contributed by atoms with Crippen LogP contribution in [0, 0.1) is 18.8 Å². The van der Waals surface area contributed by atoms with Gasteiger partial charge in [-0.25, -0.2) is 9.97 Å². The Hall–Kier alpha value is -1.84. The van der Waals surface area contributed by atoms with Crippen molar-refractivity contribution < 1.29 is 0 Å². The molecule has 0 radical (unpaired) electrons. The van der Waals surface area contributed by atoms with Gasteiger partial charge in [-0.2, -0.15) is 0 Å². The van der Waals surface area contributed by atoms with Crippen LogP contribution in [0.3, 0.4) is 0 Å². The highest BCUT2D eigenvalue weighted by molar-refractivity contribution is 5.85. The Morgan fingerprint density at radius 1 is 1.14 bits per heavy atom. The Bertz CT molecular complexity index is 508. The largest absolute Gasteiger partial charge is 0.250 e. The molecule has 14 heavy (non-hydrogen) atoms. The van der Waals surface area contributed by atoms with Crippen molar-refractivity contribution in [3.05, 3.63) is 34.5 Å². The van der Waals surface area contributed by atoms with Crippen molar-refractivity contribution in [2.75, 3.05) is 0 Å². The predicted molar refractivity (Wildman–Crippen MR) is 54.5 cm³/mol. The van der Waals surface area contributed by atoms with Gasteiger partial charge in [0.05, 0.1) is 16.9 Å². The molecule has 1 aromatic carbocycles. The lowest BCUT2D eigenvalue weighted by atomic mass is 10.2. The molecule has 4 heteroatoms. The molecular formula is C10H9N3O. The minimum Gasteiger partial charge on any atom is -0.250 e. The van der Waals surface area contributed by atoms with E-state index < -0.39 is 0 Å². The number of rotatable bonds is 1. The van der Waals surface area contributed by atoms with Gasteiger partial charge in [-0.3, -0.25) is 0 Å². The molecule has 2 rings (SSSR count). The molecule has 0 N–H and O–H groups in total. The molecule has 0 aliphatic carbocycles. The Kier molecular flexibility index (Phi) is 1.96. The van der Waals surface area contributed by atoms with Crippen LogP contribution in [0.25, 0.3) is 11.0 Å². The number of fused-ring (bicyclic) bond motifs is 1. The quantitative estimate of drug-likeness (QED) is 0.645. The summed E-state index contributed by atoms with van der Waals surface area (Å²) in [4.78, 5) is 19.1. The van der Waals surface area contributed by atoms with Gasteiger partial charge in [-0.05, 0) is 31.2 Å². The van der Waals surface area contributed by atoms with Gasteiger partial charge < -0.3 is 0 Å². The molecule has 0 spiro atoms. The van der Waals surface area contributed by atoms with Gasteiger partial charge in [-0.1, -0.05) is 6.07 Å². The van der Waals surface area contributed by atoms with E-state index in [-0.39, 0.29) is 0 Å². The summed E-state index contributed by atoms with van der Waals surface area (Å²) >= 11 is 0. The van der Waals surface area contributed by atoms with Crippen molar-refractivity contribution in [1.82, 2.24) is 9.97 Å². The summed E-state index contributed by atoms with van der Waals surface area (Å²) in [5.74, 6) is 0. The van der Waals surface area contributed by atoms with E-state index in [0.29, 0.717) is 16.7 Å². The average Bonchev–Trinajstić information content (AvgIpc) is 2.19. The second-order valence-electron chi connectivity index (χ2n) is 3.13. The second kappa shape index (κ2) is 3.14. The van der Waals surface area contributed by atoms with Gasteiger partial charge in [-0.15, -0.1) is 4.91 Å². The highest BCUT2D eigenvalue weighted by Crippen LogP contribution is 2.23. The Morgan fingerprint density at radius 3 is 2.57 bits per heavy atom. The van der Waals surface area contributed by atoms with E-state index >= 15 is 0 Å². The third-order valence-electron chi connectivity index (χ3n) is 2.18. The summed E-state index contributed by atoms with van der Waals surface area (Å²) < 4.78 is 0. The van der Waals surface area contributed by atoms with Gasteiger partial charge >= 0.3 is 0 Å². The summed E-state index contributed by atoms with van der Waals surface area (Å²) in [7, 11) is 0. The zero-order valence-electron chi connectivity index (χ0n) is 7.98. The highest BCUT2D eigenvalue weighted by atomic mass is 16.3. The van der Waals surface area contributed by atoms with Crippen molar-refractivity contribution >= 4 is 16.7 Å². The lowest BCUT2D eigenvalue weighted by Gasteiger charge is -2.02. The van der Waals surface area contributed by atoms with E-state index in [1.807, 2.05) is 19.9 Å². The van der Waals surface area contributed by atoms with Crippen LogP contribution in [0.1, 0.15) is 11.4 Å².